The molecule has 0 fully saturated rings. The maximum Gasteiger partial charge on any atom is 0.241 e. The summed E-state index contributed by atoms with van der Waals surface area (Å²) in [4.78, 5) is 12.4. The summed E-state index contributed by atoms with van der Waals surface area (Å²) in [6.45, 7) is 3.74. The fourth-order valence-corrected chi connectivity index (χ4v) is 2.94. The molecule has 2 aromatic carbocycles. The summed E-state index contributed by atoms with van der Waals surface area (Å²) in [5.41, 5.74) is 1.32. The van der Waals surface area contributed by atoms with Gasteiger partial charge in [0.2, 0.25) is 5.91 Å². The average molecular weight is 377 g/mol. The van der Waals surface area contributed by atoms with E-state index in [1.54, 1.807) is 25.1 Å². The minimum atomic E-state index is -0.446. The van der Waals surface area contributed by atoms with Gasteiger partial charge >= 0.3 is 0 Å². The van der Waals surface area contributed by atoms with E-state index in [0.29, 0.717) is 15.7 Å². The number of rotatable bonds is 5. The summed E-state index contributed by atoms with van der Waals surface area (Å²) < 4.78 is 5.83. The van der Waals surface area contributed by atoms with Crippen LogP contribution >= 0.6 is 23.2 Å². The van der Waals surface area contributed by atoms with Crippen molar-refractivity contribution in [1.29, 1.82) is 0 Å². The molecule has 4 nitrogen and oxygen atoms in total. The van der Waals surface area contributed by atoms with E-state index in [2.05, 4.69) is 10.6 Å². The molecular formula is C19H18Cl2N2O2. The fraction of sp³-hybridized carbons (Fsp3) is 0.211. The van der Waals surface area contributed by atoms with Gasteiger partial charge in [0.25, 0.3) is 0 Å². The summed E-state index contributed by atoms with van der Waals surface area (Å²) >= 11 is 12.1. The van der Waals surface area contributed by atoms with Crippen LogP contribution in [-0.2, 0) is 4.79 Å². The smallest absolute Gasteiger partial charge is 0.241 e. The molecule has 130 valence electrons. The van der Waals surface area contributed by atoms with E-state index in [9.17, 15) is 4.79 Å². The lowest BCUT2D eigenvalue weighted by Gasteiger charge is -2.18. The molecule has 0 saturated heterocycles. The SMILES string of the molecule is CC(NC(C)c1cc2ccccc2o1)C(=O)Nc1cccc(Cl)c1Cl. The molecule has 1 amide bonds. The number of carbonyl (C=O) groups excluding carboxylic acids is 1. The zero-order valence-corrected chi connectivity index (χ0v) is 15.4. The van der Waals surface area contributed by atoms with Crippen LogP contribution in [0.5, 0.6) is 0 Å². The van der Waals surface area contributed by atoms with Crippen molar-refractivity contribution < 1.29 is 9.21 Å². The highest BCUT2D eigenvalue weighted by Gasteiger charge is 2.19. The Morgan fingerprint density at radius 2 is 1.84 bits per heavy atom. The Labute approximate surface area is 156 Å². The van der Waals surface area contributed by atoms with Gasteiger partial charge in [-0.2, -0.15) is 0 Å². The molecule has 2 N–H and O–H groups in total. The van der Waals surface area contributed by atoms with Gasteiger partial charge in [0, 0.05) is 5.39 Å². The normalized spacial score (nSPS) is 13.6. The summed E-state index contributed by atoms with van der Waals surface area (Å²) in [6.07, 6.45) is 0. The lowest BCUT2D eigenvalue weighted by atomic mass is 10.2. The molecule has 25 heavy (non-hydrogen) atoms. The van der Waals surface area contributed by atoms with Crippen LogP contribution in [0.3, 0.4) is 0 Å². The van der Waals surface area contributed by atoms with E-state index >= 15 is 0 Å². The Balaban J connectivity index is 1.67. The number of hydrogen-bond acceptors (Lipinski definition) is 3. The van der Waals surface area contributed by atoms with Gasteiger partial charge in [0.05, 0.1) is 27.8 Å². The van der Waals surface area contributed by atoms with Crippen LogP contribution in [0.1, 0.15) is 25.6 Å². The molecule has 2 unspecified atom stereocenters. The molecule has 6 heteroatoms. The zero-order chi connectivity index (χ0) is 18.0. The van der Waals surface area contributed by atoms with Crippen molar-refractivity contribution in [2.75, 3.05) is 5.32 Å². The van der Waals surface area contributed by atoms with Crippen LogP contribution < -0.4 is 10.6 Å². The molecule has 3 aromatic rings. The Morgan fingerprint density at radius 1 is 1.08 bits per heavy atom. The highest BCUT2D eigenvalue weighted by Crippen LogP contribution is 2.29. The molecule has 3 rings (SSSR count). The first-order chi connectivity index (χ1) is 12.0. The molecule has 0 saturated carbocycles. The Bertz CT molecular complexity index is 874. The van der Waals surface area contributed by atoms with Gasteiger partial charge < -0.3 is 9.73 Å². The highest BCUT2D eigenvalue weighted by atomic mass is 35.5. The van der Waals surface area contributed by atoms with E-state index in [1.165, 1.54) is 0 Å². The van der Waals surface area contributed by atoms with Gasteiger partial charge in [-0.25, -0.2) is 0 Å². The minimum Gasteiger partial charge on any atom is -0.459 e. The second kappa shape index (κ2) is 7.48. The van der Waals surface area contributed by atoms with E-state index in [4.69, 9.17) is 27.6 Å². The monoisotopic (exact) mass is 376 g/mol. The van der Waals surface area contributed by atoms with Crippen LogP contribution in [0, 0.1) is 0 Å². The van der Waals surface area contributed by atoms with Gasteiger partial charge in [0.15, 0.2) is 0 Å². The van der Waals surface area contributed by atoms with Gasteiger partial charge in [-0.3, -0.25) is 10.1 Å². The lowest BCUT2D eigenvalue weighted by molar-refractivity contribution is -0.118. The highest BCUT2D eigenvalue weighted by molar-refractivity contribution is 6.44. The third kappa shape index (κ3) is 3.98. The van der Waals surface area contributed by atoms with Crippen molar-refractivity contribution in [1.82, 2.24) is 5.32 Å². The molecule has 0 bridgehead atoms. The zero-order valence-electron chi connectivity index (χ0n) is 13.8. The summed E-state index contributed by atoms with van der Waals surface area (Å²) in [7, 11) is 0. The topological polar surface area (TPSA) is 54.3 Å². The van der Waals surface area contributed by atoms with Crippen molar-refractivity contribution >= 4 is 45.8 Å². The first-order valence-electron chi connectivity index (χ1n) is 7.95. The average Bonchev–Trinajstić information content (AvgIpc) is 3.03. The summed E-state index contributed by atoms with van der Waals surface area (Å²) in [5.74, 6) is 0.578. The van der Waals surface area contributed by atoms with E-state index in [1.807, 2.05) is 37.3 Å². The second-order valence-electron chi connectivity index (χ2n) is 5.89. The van der Waals surface area contributed by atoms with Crippen LogP contribution in [0.15, 0.2) is 52.9 Å². The molecule has 0 aliphatic rings. The maximum atomic E-state index is 12.4. The van der Waals surface area contributed by atoms with Crippen molar-refractivity contribution in [3.05, 3.63) is 64.3 Å². The molecule has 0 aliphatic heterocycles. The third-order valence-corrected chi connectivity index (χ3v) is 4.79. The minimum absolute atomic E-state index is 0.122. The van der Waals surface area contributed by atoms with Crippen molar-refractivity contribution in [3.8, 4) is 0 Å². The molecule has 0 radical (unpaired) electrons. The van der Waals surface area contributed by atoms with Crippen molar-refractivity contribution in [2.24, 2.45) is 0 Å². The van der Waals surface area contributed by atoms with Crippen LogP contribution in [0.4, 0.5) is 5.69 Å². The maximum absolute atomic E-state index is 12.4. The van der Waals surface area contributed by atoms with E-state index < -0.39 is 6.04 Å². The second-order valence-corrected chi connectivity index (χ2v) is 6.67. The number of para-hydroxylation sites is 1. The van der Waals surface area contributed by atoms with Crippen molar-refractivity contribution in [3.63, 3.8) is 0 Å². The fourth-order valence-electron chi connectivity index (χ4n) is 2.59. The number of halogens is 2. The van der Waals surface area contributed by atoms with Gasteiger partial charge in [-0.1, -0.05) is 47.5 Å². The summed E-state index contributed by atoms with van der Waals surface area (Å²) in [6, 6.07) is 14.3. The molecule has 2 atom stereocenters. The first-order valence-corrected chi connectivity index (χ1v) is 8.70. The Morgan fingerprint density at radius 3 is 2.60 bits per heavy atom. The Kier molecular flexibility index (Phi) is 5.33. The number of carbonyl (C=O) groups is 1. The molecule has 1 aromatic heterocycles. The largest absolute Gasteiger partial charge is 0.459 e. The van der Waals surface area contributed by atoms with Crippen molar-refractivity contribution in [2.45, 2.75) is 25.9 Å². The van der Waals surface area contributed by atoms with Gasteiger partial charge in [-0.15, -0.1) is 0 Å². The van der Waals surface area contributed by atoms with Crippen LogP contribution in [0.2, 0.25) is 10.0 Å². The molecule has 0 aliphatic carbocycles. The number of hydrogen-bond donors (Lipinski definition) is 2. The molecule has 0 spiro atoms. The number of nitrogens with one attached hydrogen (secondary N) is 2. The Hall–Kier alpha value is -2.01. The predicted octanol–water partition coefficient (Wildman–Crippen LogP) is 5.42. The van der Waals surface area contributed by atoms with Gasteiger partial charge in [-0.05, 0) is 38.1 Å². The van der Waals surface area contributed by atoms with E-state index in [0.717, 1.165) is 16.7 Å². The van der Waals surface area contributed by atoms with Crippen LogP contribution in [-0.4, -0.2) is 11.9 Å². The predicted molar refractivity (Wildman–Crippen MR) is 102 cm³/mol. The number of anilines is 1. The number of benzene rings is 2. The summed E-state index contributed by atoms with van der Waals surface area (Å²) in [5, 5.41) is 7.78. The lowest BCUT2D eigenvalue weighted by Crippen LogP contribution is -2.39. The van der Waals surface area contributed by atoms with E-state index in [-0.39, 0.29) is 11.9 Å². The number of furan rings is 1. The third-order valence-electron chi connectivity index (χ3n) is 3.97. The number of amides is 1. The van der Waals surface area contributed by atoms with Gasteiger partial charge in [0.1, 0.15) is 11.3 Å². The number of fused-ring (bicyclic) bond motifs is 1. The standard InChI is InChI=1S/C19H18Cl2N2O2/c1-11(17-10-13-6-3-4-9-16(13)25-17)22-12(2)19(24)23-15-8-5-7-14(20)18(15)21/h3-12,22H,1-2H3,(H,23,24). The molecular weight excluding hydrogens is 359 g/mol. The van der Waals surface area contributed by atoms with Crippen LogP contribution in [0.25, 0.3) is 11.0 Å². The first kappa shape index (κ1) is 17.8. The quantitative estimate of drug-likeness (QED) is 0.625. The molecule has 1 heterocycles.